The van der Waals surface area contributed by atoms with E-state index in [0.717, 1.165) is 12.7 Å². The molecule has 5 saturated heterocycles. The molecule has 8 aromatic rings. The lowest BCUT2D eigenvalue weighted by molar-refractivity contribution is -0.187. The number of rotatable bonds is 40. The van der Waals surface area contributed by atoms with Crippen molar-refractivity contribution in [3.05, 3.63) is 114 Å². The van der Waals surface area contributed by atoms with Crippen molar-refractivity contribution in [3.8, 4) is 24.3 Å². The van der Waals surface area contributed by atoms with Crippen LogP contribution >= 0.6 is 23.5 Å². The summed E-state index contributed by atoms with van der Waals surface area (Å²) in [5.41, 5.74) is -4.51. The van der Waals surface area contributed by atoms with Gasteiger partial charge in [0.05, 0.1) is 135 Å². The second-order valence-corrected chi connectivity index (χ2v) is 39.3. The fourth-order valence-electron chi connectivity index (χ4n) is 13.2. The molecule has 0 saturated carbocycles. The van der Waals surface area contributed by atoms with Crippen molar-refractivity contribution in [3.63, 3.8) is 0 Å². The first-order valence-electron chi connectivity index (χ1n) is 37.8. The number of aromatic amines is 1. The molecule has 13 rings (SSSR count). The summed E-state index contributed by atoms with van der Waals surface area (Å²) in [6, 6.07) is 24.1. The number of carbonyl (C=O) groups excluding carboxylic acids is 4. The monoisotopic (exact) mass is 1730 g/mol. The summed E-state index contributed by atoms with van der Waals surface area (Å²) in [5, 5.41) is 49.0. The highest BCUT2D eigenvalue weighted by Gasteiger charge is 2.69. The van der Waals surface area contributed by atoms with E-state index in [1.165, 1.54) is 39.7 Å². The maximum atomic E-state index is 16.3. The van der Waals surface area contributed by atoms with E-state index in [4.69, 9.17) is 73.6 Å². The molecule has 0 aliphatic carbocycles. The molecule has 6 aromatic heterocycles. The molecule has 4 bridgehead atoms. The van der Waals surface area contributed by atoms with Gasteiger partial charge in [-0.3, -0.25) is 88.7 Å². The molecule has 5 N–H and O–H groups in total. The van der Waals surface area contributed by atoms with Gasteiger partial charge in [0, 0.05) is 30.5 Å². The standard InChI is InChI=1S/C72H85N20O24P3Si/c1-43(2)62(94)88-69-87-61-50(65(97)89-69)84-42-92(61)66-52(116-120(7,8)70(3,4)5)51(101-32-23-47(93)77-6)46(111-66)33-108-118(99,106-30-17-26-75)114-55-53-67(90-40-82-48-57(78-38-80-59(48)90)85-63(95)44-19-11-9-12-20-44)113-72(55,35-103-53)37-110-119(100,107-31-18-27-76)115-56-54-68(112-71(56,34-102-54)36-109-117(98,104-28-15-24-73)105-29-16-25-74)91-41-83-49-58(79-39-81-60(49)91)86-64(96)45-21-13-10-14-22-45/h9-14,19-22,38-43,46,51-56,66-68H,15-18,23,28-37H2,1-8H3,(H,77,93)(H,78,80,85,95)(H,79,81,86,96)(H2,87,88,89,94,97)/t46-,51?,52+,53+,54+,55?,56?,66-,67-,68-,71-,72-,118?,119?/m1/s1. The zero-order chi connectivity index (χ0) is 85.4. The molecular weight excluding hydrogens is 1650 g/mol. The summed E-state index contributed by atoms with van der Waals surface area (Å²) in [4.78, 5) is 105. The Kier molecular flexibility index (Phi) is 27.2. The highest BCUT2D eigenvalue weighted by Crippen LogP contribution is 2.63. The third-order valence-electron chi connectivity index (χ3n) is 20.3. The fraction of sp³-hybridized carbons (Fsp3) is 0.514. The van der Waals surface area contributed by atoms with Crippen LogP contribution in [0, 0.1) is 51.2 Å². The first kappa shape index (κ1) is 87.8. The minimum absolute atomic E-state index is 0.0218. The van der Waals surface area contributed by atoms with Gasteiger partial charge in [-0.15, -0.1) is 0 Å². The number of aromatic nitrogens is 12. The number of nitriles is 4. The largest absolute Gasteiger partial charge is 0.475 e. The van der Waals surface area contributed by atoms with E-state index in [9.17, 15) is 49.6 Å². The number of nitrogens with one attached hydrogen (secondary N) is 5. The molecule has 4 amide bonds. The SMILES string of the molecule is CNC(=O)CCOC1[C@@H](COP(=O)(OCCC#N)OC2[C@@H]3OC[C@]2(COP(=O)(OCCC#N)OC2[C@@H]4OC[C@]2(COP(=O)(OCCC#N)OCCC#N)O[C@H]4n2cnc4c(NC(=O)c5ccccc5)ncnc42)O[C@H]3n2cnc3c(NC(=O)c4ccccc4)ncnc32)O[C@@H](n2cnc3c(=O)[nH]c(NC(=O)C(C)C)nc32)[C@H]1O[Si](C)(C)C(C)(C)C. The Morgan fingerprint density at radius 2 is 1.06 bits per heavy atom. The number of carbonyl (C=O) groups is 4. The maximum absolute atomic E-state index is 16.3. The van der Waals surface area contributed by atoms with Gasteiger partial charge in [0.2, 0.25) is 17.8 Å². The average Bonchev–Trinajstić information content (AvgIpc) is 1.56. The van der Waals surface area contributed by atoms with Gasteiger partial charge in [0.1, 0.15) is 66.6 Å². The minimum Gasteiger partial charge on any atom is -0.407 e. The van der Waals surface area contributed by atoms with Gasteiger partial charge in [-0.1, -0.05) is 71.0 Å². The predicted octanol–water partition coefficient (Wildman–Crippen LogP) is 7.91. The number of phosphoric acid groups is 3. The summed E-state index contributed by atoms with van der Waals surface area (Å²) >= 11 is 0. The Bertz CT molecular complexity index is 5460. The van der Waals surface area contributed by atoms with Crippen LogP contribution in [0.3, 0.4) is 0 Å². The minimum atomic E-state index is -5.40. The normalized spacial score (nSPS) is 24.2. The third-order valence-corrected chi connectivity index (χ3v) is 29.1. The van der Waals surface area contributed by atoms with Crippen LogP contribution in [-0.4, -0.2) is 218 Å². The summed E-state index contributed by atoms with van der Waals surface area (Å²) in [5.74, 6) is -2.78. The summed E-state index contributed by atoms with van der Waals surface area (Å²) in [6.45, 7) is 6.94. The van der Waals surface area contributed by atoms with Crippen LogP contribution in [0.4, 0.5) is 17.6 Å². The number of benzene rings is 2. The molecule has 2 aromatic carbocycles. The number of ether oxygens (including phenoxy) is 6. The number of hydrogen-bond donors (Lipinski definition) is 5. The molecule has 5 fully saturated rings. The zero-order valence-electron chi connectivity index (χ0n) is 66.0. The second kappa shape index (κ2) is 37.1. The van der Waals surface area contributed by atoms with Crippen molar-refractivity contribution in [2.24, 2.45) is 5.92 Å². The highest BCUT2D eigenvalue weighted by atomic mass is 31.2. The van der Waals surface area contributed by atoms with Crippen LogP contribution < -0.4 is 26.8 Å². The summed E-state index contributed by atoms with van der Waals surface area (Å²) in [6.07, 6.45) is -9.98. The van der Waals surface area contributed by atoms with Gasteiger partial charge in [-0.2, -0.15) is 26.0 Å². The van der Waals surface area contributed by atoms with Gasteiger partial charge >= 0.3 is 23.5 Å². The van der Waals surface area contributed by atoms with E-state index >= 15 is 9.13 Å². The van der Waals surface area contributed by atoms with Crippen LogP contribution in [-0.2, 0) is 96.8 Å². The lowest BCUT2D eigenvalue weighted by atomic mass is 10.0. The quantitative estimate of drug-likeness (QED) is 0.0138. The van der Waals surface area contributed by atoms with Gasteiger partial charge < -0.3 is 48.8 Å². The van der Waals surface area contributed by atoms with Crippen molar-refractivity contribution in [2.75, 3.05) is 89.1 Å². The van der Waals surface area contributed by atoms with E-state index in [-0.39, 0.29) is 88.1 Å². The molecule has 48 heteroatoms. The molecule has 11 heterocycles. The van der Waals surface area contributed by atoms with Crippen molar-refractivity contribution in [2.45, 2.75) is 157 Å². The molecule has 5 aliphatic heterocycles. The Morgan fingerprint density at radius 3 is 1.52 bits per heavy atom. The lowest BCUT2D eigenvalue weighted by Gasteiger charge is -2.40. The number of anilines is 3. The Balaban J connectivity index is 0.873. The molecule has 5 aliphatic rings. The van der Waals surface area contributed by atoms with E-state index in [1.54, 1.807) is 74.5 Å². The van der Waals surface area contributed by atoms with E-state index in [0.29, 0.717) is 0 Å². The second-order valence-electron chi connectivity index (χ2n) is 29.7. The van der Waals surface area contributed by atoms with Crippen LogP contribution in [0.15, 0.2) is 97.1 Å². The number of phosphoric ester groups is 3. The van der Waals surface area contributed by atoms with E-state index in [2.05, 4.69) is 66.1 Å². The number of hydrogen-bond acceptors (Lipinski definition) is 36. The van der Waals surface area contributed by atoms with Crippen LogP contribution in [0.5, 0.6) is 0 Å². The third kappa shape index (κ3) is 19.0. The number of fused-ring (bicyclic) bond motifs is 7. The molecule has 44 nitrogen and oxygen atoms in total. The Labute approximate surface area is 685 Å². The number of imidazole rings is 3. The van der Waals surface area contributed by atoms with Gasteiger partial charge in [0.15, 0.2) is 72.1 Å². The molecule has 5 unspecified atom stereocenters. The fourth-order valence-corrected chi connectivity index (χ4v) is 18.7. The first-order chi connectivity index (χ1) is 57.5. The van der Waals surface area contributed by atoms with Gasteiger partial charge in [-0.05, 0) is 42.4 Å². The Morgan fingerprint density at radius 1 is 0.600 bits per heavy atom. The summed E-state index contributed by atoms with van der Waals surface area (Å²) in [7, 11) is -17.0. The smallest absolute Gasteiger partial charge is 0.407 e. The van der Waals surface area contributed by atoms with E-state index in [1.807, 2.05) is 58.1 Å². The summed E-state index contributed by atoms with van der Waals surface area (Å²) < 4.78 is 154. The number of amides is 4. The molecule has 14 atom stereocenters. The molecular formula is C72H85N20O24P3Si. The van der Waals surface area contributed by atoms with Gasteiger partial charge in [0.25, 0.3) is 17.4 Å². The number of nitrogens with zero attached hydrogens (tertiary/aromatic N) is 15. The average molecular weight is 1740 g/mol. The highest BCUT2D eigenvalue weighted by molar-refractivity contribution is 7.49. The molecule has 0 spiro atoms. The van der Waals surface area contributed by atoms with Crippen LogP contribution in [0.25, 0.3) is 33.5 Å². The number of H-pyrrole nitrogens is 1. The Hall–Kier alpha value is -10.0. The van der Waals surface area contributed by atoms with Crippen molar-refractivity contribution in [1.82, 2.24) is 63.9 Å². The van der Waals surface area contributed by atoms with Crippen LogP contribution in [0.1, 0.15) is 106 Å². The van der Waals surface area contributed by atoms with Gasteiger partial charge in [-0.25, -0.2) is 48.6 Å². The van der Waals surface area contributed by atoms with Crippen molar-refractivity contribution >= 4 is 106 Å². The molecule has 0 radical (unpaired) electrons. The van der Waals surface area contributed by atoms with Crippen molar-refractivity contribution < 1.29 is 106 Å². The predicted molar refractivity (Wildman–Crippen MR) is 416 cm³/mol. The zero-order valence-corrected chi connectivity index (χ0v) is 69.6. The maximum Gasteiger partial charge on any atom is 0.475 e. The lowest BCUT2D eigenvalue weighted by Crippen LogP contribution is -2.49. The first-order valence-corrected chi connectivity index (χ1v) is 45.1. The van der Waals surface area contributed by atoms with E-state index < -0.39 is 217 Å². The van der Waals surface area contributed by atoms with Crippen LogP contribution in [0.2, 0.25) is 18.1 Å². The molecule has 636 valence electrons. The molecule has 120 heavy (non-hydrogen) atoms. The van der Waals surface area contributed by atoms with Crippen molar-refractivity contribution in [1.29, 1.82) is 21.0 Å². The topological polar surface area (TPSA) is 561 Å².